The van der Waals surface area contributed by atoms with Crippen LogP contribution in [0.4, 0.5) is 13.2 Å². The Bertz CT molecular complexity index is 608. The Hall–Kier alpha value is -1.03. The molecule has 1 nitrogen and oxygen atoms in total. The van der Waals surface area contributed by atoms with Crippen molar-refractivity contribution in [2.45, 2.75) is 115 Å². The molecule has 0 unspecified atom stereocenters. The second-order valence-corrected chi connectivity index (χ2v) is 9.97. The molecule has 0 heterocycles. The number of benzene rings is 1. The third-order valence-corrected chi connectivity index (χ3v) is 7.61. The highest BCUT2D eigenvalue weighted by atomic mass is 19.4. The van der Waals surface area contributed by atoms with E-state index in [4.69, 9.17) is 4.74 Å². The van der Waals surface area contributed by atoms with Gasteiger partial charge in [-0.1, -0.05) is 56.9 Å². The van der Waals surface area contributed by atoms with Gasteiger partial charge in [0.15, 0.2) is 0 Å². The molecule has 1 aromatic carbocycles. The van der Waals surface area contributed by atoms with Crippen molar-refractivity contribution in [1.29, 1.82) is 0 Å². The SMILES string of the molecule is CCCCCCCOC1CCC(C2CCC(c3ccc(CC(F)(F)F)cc3)CC2)CC1. The van der Waals surface area contributed by atoms with Crippen molar-refractivity contribution in [1.82, 2.24) is 0 Å². The van der Waals surface area contributed by atoms with Gasteiger partial charge in [0.25, 0.3) is 0 Å². The first-order valence-electron chi connectivity index (χ1n) is 12.7. The minimum Gasteiger partial charge on any atom is -0.378 e. The largest absolute Gasteiger partial charge is 0.393 e. The van der Waals surface area contributed by atoms with E-state index in [1.807, 2.05) is 12.1 Å². The van der Waals surface area contributed by atoms with E-state index in [1.54, 1.807) is 12.1 Å². The fraction of sp³-hybridized carbons (Fsp3) is 0.778. The monoisotopic (exact) mass is 438 g/mol. The van der Waals surface area contributed by atoms with Gasteiger partial charge >= 0.3 is 6.18 Å². The second kappa shape index (κ2) is 12.3. The second-order valence-electron chi connectivity index (χ2n) is 9.97. The quantitative estimate of drug-likeness (QED) is 0.332. The lowest BCUT2D eigenvalue weighted by Crippen LogP contribution is -2.28. The first kappa shape index (κ1) is 24.6. The fourth-order valence-corrected chi connectivity index (χ4v) is 5.75. The maximum Gasteiger partial charge on any atom is 0.393 e. The van der Waals surface area contributed by atoms with Gasteiger partial charge in [-0.05, 0) is 86.7 Å². The summed E-state index contributed by atoms with van der Waals surface area (Å²) >= 11 is 0. The van der Waals surface area contributed by atoms with Gasteiger partial charge in [0.2, 0.25) is 0 Å². The van der Waals surface area contributed by atoms with Crippen molar-refractivity contribution in [2.24, 2.45) is 11.8 Å². The molecule has 0 N–H and O–H groups in total. The van der Waals surface area contributed by atoms with Crippen molar-refractivity contribution < 1.29 is 17.9 Å². The molecule has 31 heavy (non-hydrogen) atoms. The van der Waals surface area contributed by atoms with Gasteiger partial charge in [-0.25, -0.2) is 0 Å². The summed E-state index contributed by atoms with van der Waals surface area (Å²) in [5.74, 6) is 2.19. The number of ether oxygens (including phenoxy) is 1. The molecule has 176 valence electrons. The highest BCUT2D eigenvalue weighted by molar-refractivity contribution is 5.26. The Morgan fingerprint density at radius 2 is 1.35 bits per heavy atom. The number of hydrogen-bond donors (Lipinski definition) is 0. The van der Waals surface area contributed by atoms with Crippen molar-refractivity contribution in [3.63, 3.8) is 0 Å². The van der Waals surface area contributed by atoms with Crippen LogP contribution in [0.3, 0.4) is 0 Å². The summed E-state index contributed by atoms with van der Waals surface area (Å²) in [6.07, 6.45) is 12.0. The van der Waals surface area contributed by atoms with E-state index in [0.717, 1.165) is 18.4 Å². The van der Waals surface area contributed by atoms with E-state index in [2.05, 4.69) is 6.92 Å². The zero-order valence-corrected chi connectivity index (χ0v) is 19.3. The van der Waals surface area contributed by atoms with Gasteiger partial charge in [-0.2, -0.15) is 13.2 Å². The van der Waals surface area contributed by atoms with Gasteiger partial charge < -0.3 is 4.74 Å². The summed E-state index contributed by atoms with van der Waals surface area (Å²) in [4.78, 5) is 0. The predicted molar refractivity (Wildman–Crippen MR) is 121 cm³/mol. The van der Waals surface area contributed by atoms with Crippen LogP contribution < -0.4 is 0 Å². The van der Waals surface area contributed by atoms with Crippen LogP contribution in [0.5, 0.6) is 0 Å². The molecule has 0 aliphatic heterocycles. The lowest BCUT2D eigenvalue weighted by atomic mass is 9.69. The van der Waals surface area contributed by atoms with Crippen molar-refractivity contribution in [3.05, 3.63) is 35.4 Å². The van der Waals surface area contributed by atoms with Crippen molar-refractivity contribution in [3.8, 4) is 0 Å². The van der Waals surface area contributed by atoms with E-state index >= 15 is 0 Å². The molecule has 0 bridgehead atoms. The molecule has 0 radical (unpaired) electrons. The lowest BCUT2D eigenvalue weighted by Gasteiger charge is -2.38. The number of alkyl halides is 3. The molecule has 0 atom stereocenters. The van der Waals surface area contributed by atoms with Crippen LogP contribution in [0.1, 0.15) is 107 Å². The standard InChI is InChI=1S/C27H41F3O/c1-2-3-4-5-6-19-31-26-17-15-25(16-18-26)24-13-11-23(12-14-24)22-9-7-21(8-10-22)20-27(28,29)30/h7-10,23-26H,2-6,11-20H2,1H3. The number of rotatable bonds is 10. The first-order chi connectivity index (χ1) is 14.9. The fourth-order valence-electron chi connectivity index (χ4n) is 5.75. The summed E-state index contributed by atoms with van der Waals surface area (Å²) < 4.78 is 43.8. The third-order valence-electron chi connectivity index (χ3n) is 7.61. The van der Waals surface area contributed by atoms with Crippen LogP contribution in [-0.4, -0.2) is 18.9 Å². The van der Waals surface area contributed by atoms with Crippen molar-refractivity contribution >= 4 is 0 Å². The van der Waals surface area contributed by atoms with Crippen molar-refractivity contribution in [2.75, 3.05) is 6.61 Å². The first-order valence-corrected chi connectivity index (χ1v) is 12.7. The van der Waals surface area contributed by atoms with Crippen LogP contribution in [0, 0.1) is 11.8 Å². The third kappa shape index (κ3) is 8.44. The zero-order valence-electron chi connectivity index (χ0n) is 19.3. The Morgan fingerprint density at radius 3 is 1.94 bits per heavy atom. The van der Waals surface area contributed by atoms with Crippen LogP contribution in [0.2, 0.25) is 0 Å². The molecule has 0 spiro atoms. The molecule has 3 rings (SSSR count). The smallest absolute Gasteiger partial charge is 0.378 e. The van der Waals surface area contributed by atoms with E-state index < -0.39 is 12.6 Å². The van der Waals surface area contributed by atoms with Gasteiger partial charge in [0.05, 0.1) is 12.5 Å². The van der Waals surface area contributed by atoms with Crippen LogP contribution in [-0.2, 0) is 11.2 Å². The molecule has 2 saturated carbocycles. The molecule has 0 aromatic heterocycles. The topological polar surface area (TPSA) is 9.23 Å². The summed E-state index contributed by atoms with van der Waals surface area (Å²) in [7, 11) is 0. The zero-order chi connectivity index (χ0) is 22.1. The van der Waals surface area contributed by atoms with Gasteiger partial charge in [0, 0.05) is 6.61 Å². The molecule has 0 saturated heterocycles. The molecule has 1 aromatic rings. The normalized spacial score (nSPS) is 27.4. The van der Waals surface area contributed by atoms with Gasteiger partial charge in [0.1, 0.15) is 0 Å². The Labute approximate surface area is 187 Å². The lowest BCUT2D eigenvalue weighted by molar-refractivity contribution is -0.127. The molecule has 2 aliphatic carbocycles. The highest BCUT2D eigenvalue weighted by Crippen LogP contribution is 2.43. The molecule has 4 heteroatoms. The number of halogens is 3. The van der Waals surface area contributed by atoms with E-state index in [-0.39, 0.29) is 0 Å². The summed E-state index contributed by atoms with van der Waals surface area (Å²) in [6, 6.07) is 7.19. The maximum absolute atomic E-state index is 12.6. The van der Waals surface area contributed by atoms with Gasteiger partial charge in [-0.15, -0.1) is 0 Å². The summed E-state index contributed by atoms with van der Waals surface area (Å²) in [5, 5.41) is 0. The van der Waals surface area contributed by atoms with Crippen LogP contribution in [0.25, 0.3) is 0 Å². The van der Waals surface area contributed by atoms with Crippen LogP contribution >= 0.6 is 0 Å². The van der Waals surface area contributed by atoms with Crippen LogP contribution in [0.15, 0.2) is 24.3 Å². The average Bonchev–Trinajstić information content (AvgIpc) is 2.76. The summed E-state index contributed by atoms with van der Waals surface area (Å²) in [6.45, 7) is 3.19. The molecular formula is C27H41F3O. The molecule has 2 fully saturated rings. The van der Waals surface area contributed by atoms with E-state index in [9.17, 15) is 13.2 Å². The predicted octanol–water partition coefficient (Wildman–Crippen LogP) is 8.61. The Balaban J connectivity index is 1.33. The summed E-state index contributed by atoms with van der Waals surface area (Å²) in [5.41, 5.74) is 1.59. The molecule has 0 amide bonds. The Kier molecular flexibility index (Phi) is 9.74. The number of hydrogen-bond acceptors (Lipinski definition) is 1. The minimum atomic E-state index is -4.13. The molecular weight excluding hydrogens is 397 g/mol. The minimum absolute atomic E-state index is 0.366. The van der Waals surface area contributed by atoms with E-state index in [1.165, 1.54) is 89.0 Å². The van der Waals surface area contributed by atoms with Gasteiger partial charge in [-0.3, -0.25) is 0 Å². The Morgan fingerprint density at radius 1 is 0.774 bits per heavy atom. The highest BCUT2D eigenvalue weighted by Gasteiger charge is 2.32. The molecule has 2 aliphatic rings. The average molecular weight is 439 g/mol. The number of unbranched alkanes of at least 4 members (excludes halogenated alkanes) is 4. The van der Waals surface area contributed by atoms with E-state index in [0.29, 0.717) is 17.6 Å². The maximum atomic E-state index is 12.6.